The summed E-state index contributed by atoms with van der Waals surface area (Å²) in [6.45, 7) is 0.676. The largest absolute Gasteiger partial charge is 0.478 e. The van der Waals surface area contributed by atoms with E-state index >= 15 is 0 Å². The van der Waals surface area contributed by atoms with Crippen LogP contribution in [0.3, 0.4) is 0 Å². The second kappa shape index (κ2) is 5.73. The van der Waals surface area contributed by atoms with Crippen LogP contribution in [0, 0.1) is 0 Å². The fourth-order valence-electron chi connectivity index (χ4n) is 2.40. The molecule has 0 saturated heterocycles. The number of para-hydroxylation sites is 2. The highest BCUT2D eigenvalue weighted by atomic mass is 16.5. The minimum atomic E-state index is -1.06. The minimum Gasteiger partial charge on any atom is -0.478 e. The number of nitrogens with zero attached hydrogens (tertiary/aromatic N) is 1. The van der Waals surface area contributed by atoms with E-state index in [0.29, 0.717) is 30.4 Å². The lowest BCUT2D eigenvalue weighted by Gasteiger charge is -2.33. The number of carboxylic acids is 1. The van der Waals surface area contributed by atoms with Crippen LogP contribution < -0.4 is 15.0 Å². The topological polar surface area (TPSA) is 78.9 Å². The Bertz CT molecular complexity index is 556. The highest BCUT2D eigenvalue weighted by Crippen LogP contribution is 2.33. The van der Waals surface area contributed by atoms with Crippen molar-refractivity contribution >= 4 is 17.6 Å². The average Bonchev–Trinajstić information content (AvgIpc) is 3.30. The van der Waals surface area contributed by atoms with Gasteiger partial charge in [-0.2, -0.15) is 0 Å². The molecular formula is C15H18N2O4. The van der Waals surface area contributed by atoms with Crippen LogP contribution in [-0.2, 0) is 9.59 Å². The summed E-state index contributed by atoms with van der Waals surface area (Å²) in [7, 11) is 0. The fraction of sp³-hybridized carbons (Fsp3) is 0.467. The molecule has 0 radical (unpaired) electrons. The smallest absolute Gasteiger partial charge is 0.346 e. The quantitative estimate of drug-likeness (QED) is 0.846. The van der Waals surface area contributed by atoms with Gasteiger partial charge in [-0.3, -0.25) is 4.79 Å². The minimum absolute atomic E-state index is 0.0502. The summed E-state index contributed by atoms with van der Waals surface area (Å²) in [6, 6.07) is 7.60. The van der Waals surface area contributed by atoms with E-state index in [1.54, 1.807) is 18.2 Å². The molecular weight excluding hydrogens is 272 g/mol. The van der Waals surface area contributed by atoms with E-state index in [2.05, 4.69) is 5.32 Å². The van der Waals surface area contributed by atoms with Crippen molar-refractivity contribution < 1.29 is 19.4 Å². The summed E-state index contributed by atoms with van der Waals surface area (Å²) in [5.41, 5.74) is 0.645. The Morgan fingerprint density at radius 2 is 2.10 bits per heavy atom. The maximum absolute atomic E-state index is 12.4. The van der Waals surface area contributed by atoms with Crippen molar-refractivity contribution in [3.05, 3.63) is 24.3 Å². The van der Waals surface area contributed by atoms with Crippen molar-refractivity contribution in [1.82, 2.24) is 5.32 Å². The van der Waals surface area contributed by atoms with Crippen LogP contribution in [-0.4, -0.2) is 42.2 Å². The van der Waals surface area contributed by atoms with Crippen LogP contribution >= 0.6 is 0 Å². The Labute approximate surface area is 122 Å². The zero-order valence-electron chi connectivity index (χ0n) is 11.6. The second-order valence-corrected chi connectivity index (χ2v) is 5.40. The summed E-state index contributed by atoms with van der Waals surface area (Å²) in [6.07, 6.45) is 1.70. The van der Waals surface area contributed by atoms with Gasteiger partial charge < -0.3 is 20.1 Å². The number of carboxylic acid groups (broad SMARTS) is 1. The number of carbonyl (C=O) groups is 2. The van der Waals surface area contributed by atoms with Gasteiger partial charge in [0.05, 0.1) is 12.2 Å². The Morgan fingerprint density at radius 3 is 2.81 bits per heavy atom. The molecule has 6 heteroatoms. The number of ether oxygens (including phenoxy) is 1. The van der Waals surface area contributed by atoms with Crippen LogP contribution in [0.4, 0.5) is 5.69 Å². The number of amides is 1. The first kappa shape index (κ1) is 13.9. The van der Waals surface area contributed by atoms with Crippen molar-refractivity contribution in [3.63, 3.8) is 0 Å². The Kier molecular flexibility index (Phi) is 3.79. The fourth-order valence-corrected chi connectivity index (χ4v) is 2.40. The first-order valence-corrected chi connectivity index (χ1v) is 7.17. The number of nitrogens with one attached hydrogen (secondary N) is 1. The van der Waals surface area contributed by atoms with Crippen LogP contribution in [0.15, 0.2) is 24.3 Å². The van der Waals surface area contributed by atoms with Crippen molar-refractivity contribution in [2.75, 3.05) is 18.0 Å². The molecule has 1 aromatic rings. The van der Waals surface area contributed by atoms with Gasteiger partial charge in [-0.1, -0.05) is 12.1 Å². The van der Waals surface area contributed by atoms with E-state index in [0.717, 1.165) is 0 Å². The van der Waals surface area contributed by atoms with Gasteiger partial charge in [0, 0.05) is 19.0 Å². The average molecular weight is 290 g/mol. The number of hydrogen-bond acceptors (Lipinski definition) is 4. The third kappa shape index (κ3) is 3.16. The molecule has 3 rings (SSSR count). The Balaban J connectivity index is 1.72. The van der Waals surface area contributed by atoms with Crippen LogP contribution in [0.5, 0.6) is 5.75 Å². The molecule has 112 valence electrons. The Hall–Kier alpha value is -2.08. The summed E-state index contributed by atoms with van der Waals surface area (Å²) in [5, 5.41) is 12.4. The molecule has 2 N–H and O–H groups in total. The van der Waals surface area contributed by atoms with Gasteiger partial charge in [-0.05, 0) is 25.0 Å². The van der Waals surface area contributed by atoms with E-state index < -0.39 is 12.1 Å². The molecule has 6 nitrogen and oxygen atoms in total. The van der Waals surface area contributed by atoms with Crippen molar-refractivity contribution in [2.45, 2.75) is 31.4 Å². The van der Waals surface area contributed by atoms with Gasteiger partial charge in [0.1, 0.15) is 5.75 Å². The number of hydrogen-bond donors (Lipinski definition) is 2. The number of benzene rings is 1. The maximum Gasteiger partial charge on any atom is 0.346 e. The third-order valence-electron chi connectivity index (χ3n) is 3.70. The first-order valence-electron chi connectivity index (χ1n) is 7.17. The molecule has 0 bridgehead atoms. The number of aliphatic carboxylic acids is 1. The van der Waals surface area contributed by atoms with E-state index in [4.69, 9.17) is 9.84 Å². The van der Waals surface area contributed by atoms with E-state index in [9.17, 15) is 9.59 Å². The zero-order valence-corrected chi connectivity index (χ0v) is 11.6. The SMILES string of the molecule is O=C(O)C1CN(C(=O)CCNC2CC2)c2ccccc2O1. The molecule has 1 heterocycles. The van der Waals surface area contributed by atoms with Crippen LogP contribution in [0.2, 0.25) is 0 Å². The van der Waals surface area contributed by atoms with Gasteiger partial charge in [0.2, 0.25) is 12.0 Å². The lowest BCUT2D eigenvalue weighted by molar-refractivity contribution is -0.145. The predicted molar refractivity (Wildman–Crippen MR) is 76.5 cm³/mol. The molecule has 1 fully saturated rings. The number of carbonyl (C=O) groups excluding carboxylic acids is 1. The first-order chi connectivity index (χ1) is 10.1. The summed E-state index contributed by atoms with van der Waals surface area (Å²) in [5.74, 6) is -0.691. The summed E-state index contributed by atoms with van der Waals surface area (Å²) < 4.78 is 5.42. The van der Waals surface area contributed by atoms with Gasteiger partial charge in [0.15, 0.2) is 0 Å². The van der Waals surface area contributed by atoms with Crippen LogP contribution in [0.1, 0.15) is 19.3 Å². The summed E-state index contributed by atoms with van der Waals surface area (Å²) >= 11 is 0. The lowest BCUT2D eigenvalue weighted by atomic mass is 10.1. The maximum atomic E-state index is 12.4. The van der Waals surface area contributed by atoms with Gasteiger partial charge in [-0.15, -0.1) is 0 Å². The zero-order chi connectivity index (χ0) is 14.8. The number of anilines is 1. The van der Waals surface area contributed by atoms with E-state index in [1.165, 1.54) is 17.7 Å². The lowest BCUT2D eigenvalue weighted by Crippen LogP contribution is -2.47. The molecule has 0 aromatic heterocycles. The normalized spacial score (nSPS) is 20.6. The summed E-state index contributed by atoms with van der Waals surface area (Å²) in [4.78, 5) is 25.1. The molecule has 1 aliphatic carbocycles. The van der Waals surface area contributed by atoms with Crippen molar-refractivity contribution in [3.8, 4) is 5.75 Å². The van der Waals surface area contributed by atoms with Gasteiger partial charge in [-0.25, -0.2) is 4.79 Å². The molecule has 1 aliphatic heterocycles. The number of rotatable bonds is 5. The monoisotopic (exact) mass is 290 g/mol. The molecule has 1 aromatic carbocycles. The van der Waals surface area contributed by atoms with E-state index in [1.807, 2.05) is 6.07 Å². The van der Waals surface area contributed by atoms with Gasteiger partial charge >= 0.3 is 5.97 Å². The number of fused-ring (bicyclic) bond motifs is 1. The molecule has 1 unspecified atom stereocenters. The van der Waals surface area contributed by atoms with Crippen LogP contribution in [0.25, 0.3) is 0 Å². The molecule has 1 amide bonds. The highest BCUT2D eigenvalue weighted by Gasteiger charge is 2.33. The molecule has 0 spiro atoms. The van der Waals surface area contributed by atoms with Gasteiger partial charge in [0.25, 0.3) is 0 Å². The standard InChI is InChI=1S/C15H18N2O4/c18-14(7-8-16-10-5-6-10)17-9-13(15(19)20)21-12-4-2-1-3-11(12)17/h1-4,10,13,16H,5-9H2,(H,19,20). The molecule has 2 aliphatic rings. The van der Waals surface area contributed by atoms with Crippen molar-refractivity contribution in [1.29, 1.82) is 0 Å². The van der Waals surface area contributed by atoms with E-state index in [-0.39, 0.29) is 12.5 Å². The van der Waals surface area contributed by atoms with Crippen molar-refractivity contribution in [2.24, 2.45) is 0 Å². The third-order valence-corrected chi connectivity index (χ3v) is 3.70. The highest BCUT2D eigenvalue weighted by molar-refractivity contribution is 5.96. The predicted octanol–water partition coefficient (Wildman–Crippen LogP) is 1.01. The Morgan fingerprint density at radius 1 is 1.33 bits per heavy atom. The molecule has 21 heavy (non-hydrogen) atoms. The molecule has 1 saturated carbocycles. The second-order valence-electron chi connectivity index (χ2n) is 5.40. The molecule has 1 atom stereocenters.